The van der Waals surface area contributed by atoms with Crippen molar-refractivity contribution >= 4 is 33.8 Å². The summed E-state index contributed by atoms with van der Waals surface area (Å²) in [5.74, 6) is -0.922. The Labute approximate surface area is 136 Å². The predicted molar refractivity (Wildman–Crippen MR) is 82.8 cm³/mol. The Morgan fingerprint density at radius 1 is 1.27 bits per heavy atom. The first-order valence-corrected chi connectivity index (χ1v) is 7.35. The zero-order valence-corrected chi connectivity index (χ0v) is 13.9. The van der Waals surface area contributed by atoms with E-state index in [9.17, 15) is 14.4 Å². The molecule has 22 heavy (non-hydrogen) atoms. The molecule has 0 aliphatic heterocycles. The van der Waals surface area contributed by atoms with Crippen LogP contribution in [0.25, 0.3) is 0 Å². The molecular weight excluding hydrogens is 356 g/mol. The number of hydrogen-bond acceptors (Lipinski definition) is 5. The number of benzene rings is 1. The molecular formula is C14H17BrN2O5. The molecule has 120 valence electrons. The molecule has 0 saturated carbocycles. The van der Waals surface area contributed by atoms with Crippen molar-refractivity contribution in [3.63, 3.8) is 0 Å². The fraction of sp³-hybridized carbons (Fsp3) is 0.357. The minimum absolute atomic E-state index is 0.225. The Morgan fingerprint density at radius 3 is 2.64 bits per heavy atom. The SMILES string of the molecule is CCCNC(=O)NC(=O)COC(=O)c1cc(OC)ccc1Br. The Bertz CT molecular complexity index is 562. The zero-order chi connectivity index (χ0) is 16.5. The molecule has 8 heteroatoms. The van der Waals surface area contributed by atoms with Gasteiger partial charge in [0.25, 0.3) is 5.91 Å². The minimum Gasteiger partial charge on any atom is -0.497 e. The number of nitrogens with one attached hydrogen (secondary N) is 2. The Morgan fingerprint density at radius 2 is 2.00 bits per heavy atom. The van der Waals surface area contributed by atoms with E-state index in [0.717, 1.165) is 6.42 Å². The molecule has 7 nitrogen and oxygen atoms in total. The highest BCUT2D eigenvalue weighted by molar-refractivity contribution is 9.10. The van der Waals surface area contributed by atoms with Gasteiger partial charge in [0.05, 0.1) is 12.7 Å². The van der Waals surface area contributed by atoms with E-state index >= 15 is 0 Å². The van der Waals surface area contributed by atoms with Gasteiger partial charge >= 0.3 is 12.0 Å². The van der Waals surface area contributed by atoms with Crippen LogP contribution in [0.15, 0.2) is 22.7 Å². The summed E-state index contributed by atoms with van der Waals surface area (Å²) in [7, 11) is 1.47. The molecule has 1 rings (SSSR count). The highest BCUT2D eigenvalue weighted by atomic mass is 79.9. The molecule has 0 atom stereocenters. The van der Waals surface area contributed by atoms with Gasteiger partial charge in [0, 0.05) is 11.0 Å². The summed E-state index contributed by atoms with van der Waals surface area (Å²) in [6.45, 7) is 1.79. The largest absolute Gasteiger partial charge is 0.497 e. The Kier molecular flexibility index (Phi) is 7.38. The molecule has 0 aliphatic carbocycles. The molecule has 0 bridgehead atoms. The van der Waals surface area contributed by atoms with Crippen LogP contribution in [0, 0.1) is 0 Å². The standard InChI is InChI=1S/C14H17BrN2O5/c1-3-6-16-14(20)17-12(18)8-22-13(19)10-7-9(21-2)4-5-11(10)15/h4-5,7H,3,6,8H2,1-2H3,(H2,16,17,18,20). The van der Waals surface area contributed by atoms with Gasteiger partial charge < -0.3 is 14.8 Å². The summed E-state index contributed by atoms with van der Waals surface area (Å²) < 4.78 is 10.4. The number of halogens is 1. The van der Waals surface area contributed by atoms with Crippen molar-refractivity contribution < 1.29 is 23.9 Å². The van der Waals surface area contributed by atoms with Crippen molar-refractivity contribution in [2.45, 2.75) is 13.3 Å². The Balaban J connectivity index is 2.52. The Hall–Kier alpha value is -2.09. The second-order valence-corrected chi connectivity index (χ2v) is 5.08. The van der Waals surface area contributed by atoms with E-state index in [0.29, 0.717) is 16.8 Å². The zero-order valence-electron chi connectivity index (χ0n) is 12.3. The first kappa shape index (κ1) is 18.0. The molecule has 0 radical (unpaired) electrons. The lowest BCUT2D eigenvalue weighted by Gasteiger charge is -2.08. The topological polar surface area (TPSA) is 93.7 Å². The molecule has 3 amide bonds. The van der Waals surface area contributed by atoms with Gasteiger partial charge in [0.1, 0.15) is 5.75 Å². The van der Waals surface area contributed by atoms with E-state index in [1.54, 1.807) is 12.1 Å². The maximum Gasteiger partial charge on any atom is 0.339 e. The number of urea groups is 1. The lowest BCUT2D eigenvalue weighted by molar-refractivity contribution is -0.123. The van der Waals surface area contributed by atoms with Gasteiger partial charge in [-0.1, -0.05) is 6.92 Å². The number of ether oxygens (including phenoxy) is 2. The molecule has 0 unspecified atom stereocenters. The lowest BCUT2D eigenvalue weighted by Crippen LogP contribution is -2.41. The van der Waals surface area contributed by atoms with Crippen LogP contribution in [-0.2, 0) is 9.53 Å². The highest BCUT2D eigenvalue weighted by Gasteiger charge is 2.15. The first-order chi connectivity index (χ1) is 10.5. The molecule has 0 spiro atoms. The molecule has 2 N–H and O–H groups in total. The van der Waals surface area contributed by atoms with Crippen LogP contribution in [-0.4, -0.2) is 38.2 Å². The molecule has 0 saturated heterocycles. The fourth-order valence-corrected chi connectivity index (χ4v) is 1.85. The van der Waals surface area contributed by atoms with E-state index in [-0.39, 0.29) is 5.56 Å². The van der Waals surface area contributed by atoms with E-state index in [4.69, 9.17) is 9.47 Å². The number of carbonyl (C=O) groups excluding carboxylic acids is 3. The quantitative estimate of drug-likeness (QED) is 0.743. The number of esters is 1. The maximum atomic E-state index is 11.9. The van der Waals surface area contributed by atoms with Crippen LogP contribution in [0.3, 0.4) is 0 Å². The third-order valence-corrected chi connectivity index (χ3v) is 3.21. The van der Waals surface area contributed by atoms with E-state index in [1.165, 1.54) is 13.2 Å². The second kappa shape index (κ2) is 9.04. The van der Waals surface area contributed by atoms with Gasteiger partial charge in [0.15, 0.2) is 6.61 Å². The van der Waals surface area contributed by atoms with Crippen LogP contribution < -0.4 is 15.4 Å². The van der Waals surface area contributed by atoms with Crippen LogP contribution in [0.5, 0.6) is 5.75 Å². The summed E-state index contributed by atoms with van der Waals surface area (Å²) in [5, 5.41) is 4.53. The molecule has 0 fully saturated rings. The summed E-state index contributed by atoms with van der Waals surface area (Å²) in [6, 6.07) is 4.17. The van der Waals surface area contributed by atoms with Crippen molar-refractivity contribution in [2.75, 3.05) is 20.3 Å². The molecule has 0 aliphatic rings. The van der Waals surface area contributed by atoms with Gasteiger partial charge in [-0.05, 0) is 40.5 Å². The summed E-state index contributed by atoms with van der Waals surface area (Å²) in [6.07, 6.45) is 0.750. The minimum atomic E-state index is -0.707. The maximum absolute atomic E-state index is 11.9. The van der Waals surface area contributed by atoms with Gasteiger partial charge in [-0.25, -0.2) is 9.59 Å². The predicted octanol–water partition coefficient (Wildman–Crippen LogP) is 1.85. The monoisotopic (exact) mass is 372 g/mol. The lowest BCUT2D eigenvalue weighted by atomic mass is 10.2. The van der Waals surface area contributed by atoms with Crippen LogP contribution in [0.4, 0.5) is 4.79 Å². The van der Waals surface area contributed by atoms with Crippen molar-refractivity contribution in [1.29, 1.82) is 0 Å². The number of methoxy groups -OCH3 is 1. The summed E-state index contributed by atoms with van der Waals surface area (Å²) >= 11 is 3.21. The fourth-order valence-electron chi connectivity index (χ4n) is 1.44. The molecule has 1 aromatic carbocycles. The third kappa shape index (κ3) is 5.72. The number of hydrogen-bond donors (Lipinski definition) is 2. The van der Waals surface area contributed by atoms with Crippen molar-refractivity contribution in [3.05, 3.63) is 28.2 Å². The number of carbonyl (C=O) groups is 3. The van der Waals surface area contributed by atoms with E-state index in [2.05, 4.69) is 26.6 Å². The number of rotatable bonds is 6. The molecule has 0 heterocycles. The van der Waals surface area contributed by atoms with Gasteiger partial charge in [-0.15, -0.1) is 0 Å². The van der Waals surface area contributed by atoms with Gasteiger partial charge in [0.2, 0.25) is 0 Å². The van der Waals surface area contributed by atoms with E-state index in [1.807, 2.05) is 6.92 Å². The first-order valence-electron chi connectivity index (χ1n) is 6.56. The van der Waals surface area contributed by atoms with Crippen molar-refractivity contribution in [1.82, 2.24) is 10.6 Å². The summed E-state index contributed by atoms with van der Waals surface area (Å²) in [4.78, 5) is 34.6. The highest BCUT2D eigenvalue weighted by Crippen LogP contribution is 2.23. The van der Waals surface area contributed by atoms with Gasteiger partial charge in [-0.3, -0.25) is 10.1 Å². The van der Waals surface area contributed by atoms with Crippen molar-refractivity contribution in [2.24, 2.45) is 0 Å². The third-order valence-electron chi connectivity index (χ3n) is 2.52. The van der Waals surface area contributed by atoms with E-state index < -0.39 is 24.5 Å². The van der Waals surface area contributed by atoms with Crippen LogP contribution in [0.1, 0.15) is 23.7 Å². The van der Waals surface area contributed by atoms with Crippen molar-refractivity contribution in [3.8, 4) is 5.75 Å². The number of amides is 3. The van der Waals surface area contributed by atoms with Crippen LogP contribution in [0.2, 0.25) is 0 Å². The smallest absolute Gasteiger partial charge is 0.339 e. The van der Waals surface area contributed by atoms with Gasteiger partial charge in [-0.2, -0.15) is 0 Å². The second-order valence-electron chi connectivity index (χ2n) is 4.23. The van der Waals surface area contributed by atoms with Crippen LogP contribution >= 0.6 is 15.9 Å². The average molecular weight is 373 g/mol. The summed E-state index contributed by atoms with van der Waals surface area (Å²) in [5.41, 5.74) is 0.225. The number of imide groups is 1. The molecule has 0 aromatic heterocycles. The normalized spacial score (nSPS) is 9.77. The average Bonchev–Trinajstić information content (AvgIpc) is 2.51. The molecule has 1 aromatic rings.